The Kier molecular flexibility index (Phi) is 5.00. The lowest BCUT2D eigenvalue weighted by atomic mass is 10.1. The maximum atomic E-state index is 13.4. The highest BCUT2D eigenvalue weighted by Gasteiger charge is 2.25. The summed E-state index contributed by atoms with van der Waals surface area (Å²) in [6.07, 6.45) is 7.04. The molecule has 0 unspecified atom stereocenters. The Morgan fingerprint density at radius 3 is 2.64 bits per heavy atom. The average Bonchev–Trinajstić information content (AvgIpc) is 3.30. The standard InChI is InChI=1S/C23H29N3O2/c1-15(2)12-13-24-22(27)18-14-26(16-8-4-5-9-16)23(28)21-20(18)17-10-6-7-11-19(17)25(21)3/h6-7,10-11,14-16H,4-5,8-9,12-13H2,1-3H3,(H,24,27). The summed E-state index contributed by atoms with van der Waals surface area (Å²) >= 11 is 0. The SMILES string of the molecule is CC(C)CCNC(=O)c1cn(C2CCCC2)c(=O)c2c1c1ccccc1n2C. The molecule has 1 aliphatic rings. The number of pyridine rings is 1. The summed E-state index contributed by atoms with van der Waals surface area (Å²) in [7, 11) is 1.92. The number of nitrogens with zero attached hydrogens (tertiary/aromatic N) is 2. The van der Waals surface area contributed by atoms with E-state index in [1.165, 1.54) is 0 Å². The molecule has 148 valence electrons. The Morgan fingerprint density at radius 1 is 1.21 bits per heavy atom. The number of carbonyl (C=O) groups is 1. The summed E-state index contributed by atoms with van der Waals surface area (Å²) in [5.41, 5.74) is 2.24. The van der Waals surface area contributed by atoms with Gasteiger partial charge in [-0.3, -0.25) is 9.59 Å². The first-order valence-electron chi connectivity index (χ1n) is 10.4. The van der Waals surface area contributed by atoms with Gasteiger partial charge in [0.2, 0.25) is 0 Å². The van der Waals surface area contributed by atoms with Crippen LogP contribution >= 0.6 is 0 Å². The molecule has 0 atom stereocenters. The lowest BCUT2D eigenvalue weighted by molar-refractivity contribution is 0.0953. The van der Waals surface area contributed by atoms with E-state index in [9.17, 15) is 9.59 Å². The summed E-state index contributed by atoms with van der Waals surface area (Å²) in [6.45, 7) is 4.94. The zero-order valence-electron chi connectivity index (χ0n) is 17.0. The van der Waals surface area contributed by atoms with Crippen LogP contribution in [0.25, 0.3) is 21.8 Å². The normalized spacial score (nSPS) is 15.1. The lowest BCUT2D eigenvalue weighted by Crippen LogP contribution is -2.30. The van der Waals surface area contributed by atoms with Gasteiger partial charge in [-0.2, -0.15) is 0 Å². The number of rotatable bonds is 5. The van der Waals surface area contributed by atoms with Crippen molar-refractivity contribution in [3.05, 3.63) is 46.4 Å². The van der Waals surface area contributed by atoms with Crippen molar-refractivity contribution in [2.45, 2.75) is 52.0 Å². The second-order valence-corrected chi connectivity index (χ2v) is 8.43. The second kappa shape index (κ2) is 7.46. The van der Waals surface area contributed by atoms with Crippen LogP contribution < -0.4 is 10.9 Å². The maximum Gasteiger partial charge on any atom is 0.275 e. The van der Waals surface area contributed by atoms with Gasteiger partial charge in [0.25, 0.3) is 11.5 Å². The highest BCUT2D eigenvalue weighted by molar-refractivity contribution is 6.17. The zero-order chi connectivity index (χ0) is 19.8. The van der Waals surface area contributed by atoms with Crippen LogP contribution in [0.4, 0.5) is 0 Å². The molecule has 1 N–H and O–H groups in total. The molecular formula is C23H29N3O2. The van der Waals surface area contributed by atoms with Gasteiger partial charge in [-0.25, -0.2) is 0 Å². The predicted molar refractivity (Wildman–Crippen MR) is 114 cm³/mol. The number of aryl methyl sites for hydroxylation is 1. The van der Waals surface area contributed by atoms with Crippen LogP contribution in [0, 0.1) is 5.92 Å². The van der Waals surface area contributed by atoms with Crippen LogP contribution in [-0.4, -0.2) is 21.6 Å². The fourth-order valence-electron chi connectivity index (χ4n) is 4.50. The number of amides is 1. The first kappa shape index (κ1) is 18.8. The van der Waals surface area contributed by atoms with Gasteiger partial charge in [0.1, 0.15) is 5.52 Å². The molecule has 1 fully saturated rings. The number of fused-ring (bicyclic) bond motifs is 3. The number of carbonyl (C=O) groups excluding carboxylic acids is 1. The molecule has 2 aromatic heterocycles. The van der Waals surface area contributed by atoms with Crippen LogP contribution in [0.5, 0.6) is 0 Å². The summed E-state index contributed by atoms with van der Waals surface area (Å²) in [5, 5.41) is 4.81. The smallest absolute Gasteiger partial charge is 0.275 e. The molecule has 4 rings (SSSR count). The number of benzene rings is 1. The van der Waals surface area contributed by atoms with Crippen LogP contribution in [0.3, 0.4) is 0 Å². The van der Waals surface area contributed by atoms with E-state index in [1.54, 1.807) is 0 Å². The van der Waals surface area contributed by atoms with E-state index in [4.69, 9.17) is 0 Å². The zero-order valence-corrected chi connectivity index (χ0v) is 17.0. The number of aromatic nitrogens is 2. The molecule has 1 aliphatic carbocycles. The van der Waals surface area contributed by atoms with E-state index >= 15 is 0 Å². The minimum absolute atomic E-state index is 0.0133. The summed E-state index contributed by atoms with van der Waals surface area (Å²) in [4.78, 5) is 26.5. The minimum Gasteiger partial charge on any atom is -0.352 e. The van der Waals surface area contributed by atoms with Crippen molar-refractivity contribution >= 4 is 27.7 Å². The molecule has 1 saturated carbocycles. The molecular weight excluding hydrogens is 350 g/mol. The molecule has 28 heavy (non-hydrogen) atoms. The van der Waals surface area contributed by atoms with Crippen LogP contribution in [0.2, 0.25) is 0 Å². The molecule has 5 heteroatoms. The van der Waals surface area contributed by atoms with E-state index in [2.05, 4.69) is 19.2 Å². The molecule has 0 spiro atoms. The minimum atomic E-state index is -0.0891. The van der Waals surface area contributed by atoms with Gasteiger partial charge in [0.15, 0.2) is 0 Å². The van der Waals surface area contributed by atoms with Crippen molar-refractivity contribution < 1.29 is 4.79 Å². The lowest BCUT2D eigenvalue weighted by Gasteiger charge is -2.17. The third-order valence-electron chi connectivity index (χ3n) is 6.05. The third-order valence-corrected chi connectivity index (χ3v) is 6.05. The molecule has 0 radical (unpaired) electrons. The highest BCUT2D eigenvalue weighted by Crippen LogP contribution is 2.33. The Bertz CT molecular complexity index is 1080. The van der Waals surface area contributed by atoms with Crippen molar-refractivity contribution in [1.29, 1.82) is 0 Å². The predicted octanol–water partition coefficient (Wildman–Crippen LogP) is 4.38. The van der Waals surface area contributed by atoms with Gasteiger partial charge in [-0.15, -0.1) is 0 Å². The van der Waals surface area contributed by atoms with E-state index in [1.807, 2.05) is 46.6 Å². The van der Waals surface area contributed by atoms with Gasteiger partial charge < -0.3 is 14.5 Å². The topological polar surface area (TPSA) is 56.0 Å². The van der Waals surface area contributed by atoms with Crippen molar-refractivity contribution in [2.24, 2.45) is 13.0 Å². The Balaban J connectivity index is 1.93. The fourth-order valence-corrected chi connectivity index (χ4v) is 4.50. The van der Waals surface area contributed by atoms with E-state index < -0.39 is 0 Å². The molecule has 2 heterocycles. The number of nitrogens with one attached hydrogen (secondary N) is 1. The molecule has 1 aromatic carbocycles. The number of hydrogen-bond donors (Lipinski definition) is 1. The second-order valence-electron chi connectivity index (χ2n) is 8.43. The first-order valence-corrected chi connectivity index (χ1v) is 10.4. The molecule has 5 nitrogen and oxygen atoms in total. The maximum absolute atomic E-state index is 13.4. The molecule has 0 saturated heterocycles. The summed E-state index contributed by atoms with van der Waals surface area (Å²) in [5.74, 6) is 0.444. The van der Waals surface area contributed by atoms with Crippen molar-refractivity contribution in [1.82, 2.24) is 14.5 Å². The first-order chi connectivity index (χ1) is 13.5. The monoisotopic (exact) mass is 379 g/mol. The van der Waals surface area contributed by atoms with Gasteiger partial charge >= 0.3 is 0 Å². The molecule has 0 aliphatic heterocycles. The van der Waals surface area contributed by atoms with Crippen molar-refractivity contribution in [3.63, 3.8) is 0 Å². The van der Waals surface area contributed by atoms with Gasteiger partial charge in [0.05, 0.1) is 5.56 Å². The van der Waals surface area contributed by atoms with Crippen LogP contribution in [-0.2, 0) is 7.05 Å². The van der Waals surface area contributed by atoms with E-state index in [0.29, 0.717) is 23.5 Å². The Morgan fingerprint density at radius 2 is 1.93 bits per heavy atom. The van der Waals surface area contributed by atoms with Crippen molar-refractivity contribution in [2.75, 3.05) is 6.54 Å². The van der Waals surface area contributed by atoms with Gasteiger partial charge in [-0.1, -0.05) is 44.9 Å². The highest BCUT2D eigenvalue weighted by atomic mass is 16.2. The Labute approximate surface area is 165 Å². The number of para-hydroxylation sites is 1. The fraction of sp³-hybridized carbons (Fsp3) is 0.478. The summed E-state index contributed by atoms with van der Waals surface area (Å²) in [6, 6.07) is 8.14. The molecule has 3 aromatic rings. The third kappa shape index (κ3) is 3.13. The van der Waals surface area contributed by atoms with E-state index in [0.717, 1.165) is 48.4 Å². The summed E-state index contributed by atoms with van der Waals surface area (Å²) < 4.78 is 3.77. The van der Waals surface area contributed by atoms with Crippen LogP contribution in [0.15, 0.2) is 35.3 Å². The van der Waals surface area contributed by atoms with Crippen LogP contribution in [0.1, 0.15) is 62.4 Å². The van der Waals surface area contributed by atoms with Crippen molar-refractivity contribution in [3.8, 4) is 0 Å². The van der Waals surface area contributed by atoms with Gasteiger partial charge in [0, 0.05) is 42.1 Å². The molecule has 1 amide bonds. The largest absolute Gasteiger partial charge is 0.352 e. The number of hydrogen-bond acceptors (Lipinski definition) is 2. The quantitative estimate of drug-likeness (QED) is 0.715. The van der Waals surface area contributed by atoms with E-state index in [-0.39, 0.29) is 17.5 Å². The molecule has 0 bridgehead atoms. The Hall–Kier alpha value is -2.56. The average molecular weight is 380 g/mol. The van der Waals surface area contributed by atoms with Gasteiger partial charge in [-0.05, 0) is 31.2 Å².